The van der Waals surface area contributed by atoms with Crippen molar-refractivity contribution in [1.29, 1.82) is 0 Å². The van der Waals surface area contributed by atoms with E-state index >= 15 is 0 Å². The highest BCUT2D eigenvalue weighted by Gasteiger charge is 2.29. The standard InChI is InChI=1S/C22H22ClN3O5S/c1-3-4-9-25-21(27)18(24-22(25)32)11-14-5-7-19(30-2)15(10-14)13-31-20-8-6-16(26(28)29)12-17(20)23/h5-8,10-12H,3-4,9,13H2,1-2H3,(H,24,32)/b18-11+. The number of hydrogen-bond acceptors (Lipinski definition) is 6. The van der Waals surface area contributed by atoms with Gasteiger partial charge < -0.3 is 14.8 Å². The van der Waals surface area contributed by atoms with Crippen LogP contribution in [-0.4, -0.2) is 34.5 Å². The summed E-state index contributed by atoms with van der Waals surface area (Å²) in [5, 5.41) is 14.4. The smallest absolute Gasteiger partial charge is 0.276 e. The lowest BCUT2D eigenvalue weighted by atomic mass is 10.1. The van der Waals surface area contributed by atoms with Gasteiger partial charge >= 0.3 is 0 Å². The Kier molecular flexibility index (Phi) is 7.66. The summed E-state index contributed by atoms with van der Waals surface area (Å²) in [6.07, 6.45) is 3.56. The number of non-ortho nitro benzene ring substituents is 1. The van der Waals surface area contributed by atoms with Gasteiger partial charge in [-0.05, 0) is 48.5 Å². The number of methoxy groups -OCH3 is 1. The molecule has 0 aliphatic carbocycles. The molecule has 0 unspecified atom stereocenters. The van der Waals surface area contributed by atoms with Gasteiger partial charge in [0, 0.05) is 24.2 Å². The molecule has 1 fully saturated rings. The summed E-state index contributed by atoms with van der Waals surface area (Å²) in [5.41, 5.74) is 1.76. The van der Waals surface area contributed by atoms with Crippen LogP contribution in [0, 0.1) is 10.1 Å². The van der Waals surface area contributed by atoms with Crippen LogP contribution in [0.4, 0.5) is 5.69 Å². The molecular formula is C22H22ClN3O5S. The molecule has 0 spiro atoms. The number of rotatable bonds is 9. The van der Waals surface area contributed by atoms with Crippen LogP contribution in [0.15, 0.2) is 42.1 Å². The fourth-order valence-corrected chi connectivity index (χ4v) is 3.65. The number of nitro benzene ring substituents is 1. The third-order valence-corrected chi connectivity index (χ3v) is 5.44. The lowest BCUT2D eigenvalue weighted by molar-refractivity contribution is -0.384. The molecule has 1 aliphatic heterocycles. The quantitative estimate of drug-likeness (QED) is 0.243. The minimum atomic E-state index is -0.525. The minimum absolute atomic E-state index is 0.111. The van der Waals surface area contributed by atoms with E-state index in [2.05, 4.69) is 12.2 Å². The van der Waals surface area contributed by atoms with E-state index in [1.807, 2.05) is 12.1 Å². The van der Waals surface area contributed by atoms with Crippen molar-refractivity contribution in [1.82, 2.24) is 10.2 Å². The van der Waals surface area contributed by atoms with Crippen molar-refractivity contribution in [2.24, 2.45) is 0 Å². The van der Waals surface area contributed by atoms with Crippen LogP contribution in [-0.2, 0) is 11.4 Å². The maximum absolute atomic E-state index is 12.7. The number of ether oxygens (including phenoxy) is 2. The predicted molar refractivity (Wildman–Crippen MR) is 126 cm³/mol. The highest BCUT2D eigenvalue weighted by Crippen LogP contribution is 2.30. The number of thiocarbonyl (C=S) groups is 1. The van der Waals surface area contributed by atoms with E-state index in [1.165, 1.54) is 18.2 Å². The Labute approximate surface area is 195 Å². The number of unbranched alkanes of at least 4 members (excludes halogenated alkanes) is 1. The highest BCUT2D eigenvalue weighted by molar-refractivity contribution is 7.80. The third-order valence-electron chi connectivity index (χ3n) is 4.82. The Balaban J connectivity index is 1.79. The maximum Gasteiger partial charge on any atom is 0.276 e. The fraction of sp³-hybridized carbons (Fsp3) is 0.273. The molecule has 32 heavy (non-hydrogen) atoms. The molecule has 1 heterocycles. The van der Waals surface area contributed by atoms with Gasteiger partial charge in [-0.2, -0.15) is 0 Å². The van der Waals surface area contributed by atoms with E-state index in [0.29, 0.717) is 34.4 Å². The summed E-state index contributed by atoms with van der Waals surface area (Å²) in [4.78, 5) is 24.6. The predicted octanol–water partition coefficient (Wildman–Crippen LogP) is 4.69. The summed E-state index contributed by atoms with van der Waals surface area (Å²) < 4.78 is 11.2. The average Bonchev–Trinajstić information content (AvgIpc) is 3.03. The second kappa shape index (κ2) is 10.4. The number of carbonyl (C=O) groups is 1. The first-order chi connectivity index (χ1) is 15.3. The van der Waals surface area contributed by atoms with Crippen molar-refractivity contribution in [2.75, 3.05) is 13.7 Å². The molecule has 2 aromatic carbocycles. The van der Waals surface area contributed by atoms with Crippen LogP contribution in [0.3, 0.4) is 0 Å². The zero-order chi connectivity index (χ0) is 23.3. The second-order valence-corrected chi connectivity index (χ2v) is 7.82. The molecular weight excluding hydrogens is 454 g/mol. The number of halogens is 1. The van der Waals surface area contributed by atoms with Gasteiger partial charge in [-0.25, -0.2) is 0 Å². The first-order valence-corrected chi connectivity index (χ1v) is 10.7. The second-order valence-electron chi connectivity index (χ2n) is 7.03. The number of hydrogen-bond donors (Lipinski definition) is 1. The molecule has 1 N–H and O–H groups in total. The Hall–Kier alpha value is -3.17. The molecule has 1 aliphatic rings. The van der Waals surface area contributed by atoms with Gasteiger partial charge in [-0.1, -0.05) is 31.0 Å². The Morgan fingerprint density at radius 3 is 2.66 bits per heavy atom. The van der Waals surface area contributed by atoms with Crippen LogP contribution in [0.1, 0.15) is 30.9 Å². The Morgan fingerprint density at radius 1 is 1.25 bits per heavy atom. The largest absolute Gasteiger partial charge is 0.496 e. The molecule has 0 saturated carbocycles. The van der Waals surface area contributed by atoms with Crippen molar-refractivity contribution in [3.05, 3.63) is 68.4 Å². The minimum Gasteiger partial charge on any atom is -0.496 e. The summed E-state index contributed by atoms with van der Waals surface area (Å²) in [6.45, 7) is 2.74. The number of carbonyl (C=O) groups excluding carboxylic acids is 1. The zero-order valence-electron chi connectivity index (χ0n) is 17.6. The summed E-state index contributed by atoms with van der Waals surface area (Å²) in [5.74, 6) is 0.748. The molecule has 168 valence electrons. The summed E-state index contributed by atoms with van der Waals surface area (Å²) in [6, 6.07) is 9.43. The molecule has 0 atom stereocenters. The third kappa shape index (κ3) is 5.35. The highest BCUT2D eigenvalue weighted by atomic mass is 35.5. The zero-order valence-corrected chi connectivity index (χ0v) is 19.2. The summed E-state index contributed by atoms with van der Waals surface area (Å²) >= 11 is 11.4. The van der Waals surface area contributed by atoms with Gasteiger partial charge in [-0.15, -0.1) is 0 Å². The van der Waals surface area contributed by atoms with Gasteiger partial charge in [0.25, 0.3) is 11.6 Å². The molecule has 0 bridgehead atoms. The van der Waals surface area contributed by atoms with Gasteiger partial charge in [0.05, 0.1) is 17.1 Å². The van der Waals surface area contributed by atoms with E-state index < -0.39 is 4.92 Å². The van der Waals surface area contributed by atoms with Gasteiger partial charge in [0.2, 0.25) is 0 Å². The van der Waals surface area contributed by atoms with Crippen molar-refractivity contribution < 1.29 is 19.2 Å². The van der Waals surface area contributed by atoms with E-state index in [0.717, 1.165) is 18.4 Å². The molecule has 0 aromatic heterocycles. The molecule has 3 rings (SSSR count). The van der Waals surface area contributed by atoms with Crippen LogP contribution >= 0.6 is 23.8 Å². The molecule has 10 heteroatoms. The first kappa shape index (κ1) is 23.5. The first-order valence-electron chi connectivity index (χ1n) is 9.92. The number of nitrogens with zero attached hydrogens (tertiary/aromatic N) is 2. The molecule has 0 radical (unpaired) electrons. The van der Waals surface area contributed by atoms with Crippen molar-refractivity contribution in [3.63, 3.8) is 0 Å². The normalized spacial score (nSPS) is 14.6. The molecule has 1 amide bonds. The van der Waals surface area contributed by atoms with Gasteiger partial charge in [0.1, 0.15) is 23.8 Å². The van der Waals surface area contributed by atoms with E-state index in [4.69, 9.17) is 33.3 Å². The average molecular weight is 476 g/mol. The number of benzene rings is 2. The maximum atomic E-state index is 12.7. The van der Waals surface area contributed by atoms with Crippen LogP contribution in [0.5, 0.6) is 11.5 Å². The van der Waals surface area contributed by atoms with Gasteiger partial charge in [-0.3, -0.25) is 19.8 Å². The monoisotopic (exact) mass is 475 g/mol. The van der Waals surface area contributed by atoms with Crippen LogP contribution in [0.25, 0.3) is 6.08 Å². The molecule has 8 nitrogen and oxygen atoms in total. The number of nitrogens with one attached hydrogen (secondary N) is 1. The van der Waals surface area contributed by atoms with E-state index in [-0.39, 0.29) is 23.2 Å². The Morgan fingerprint density at radius 2 is 2.00 bits per heavy atom. The van der Waals surface area contributed by atoms with Crippen LogP contribution in [0.2, 0.25) is 5.02 Å². The topological polar surface area (TPSA) is 93.9 Å². The lowest BCUT2D eigenvalue weighted by Gasteiger charge is -2.13. The van der Waals surface area contributed by atoms with Crippen LogP contribution < -0.4 is 14.8 Å². The van der Waals surface area contributed by atoms with Crippen molar-refractivity contribution in [2.45, 2.75) is 26.4 Å². The van der Waals surface area contributed by atoms with E-state index in [9.17, 15) is 14.9 Å². The number of nitro groups is 1. The Bertz CT molecular complexity index is 1090. The summed E-state index contributed by atoms with van der Waals surface area (Å²) in [7, 11) is 1.54. The van der Waals surface area contributed by atoms with Crippen molar-refractivity contribution in [3.8, 4) is 11.5 Å². The molecule has 1 saturated heterocycles. The number of amides is 1. The SMILES string of the molecule is CCCCN1C(=O)/C(=C\c2ccc(OC)c(COc3ccc([N+](=O)[O-])cc3Cl)c2)NC1=S. The van der Waals surface area contributed by atoms with E-state index in [1.54, 1.807) is 24.2 Å². The van der Waals surface area contributed by atoms with Crippen molar-refractivity contribution >= 4 is 46.6 Å². The fourth-order valence-electron chi connectivity index (χ4n) is 3.13. The lowest BCUT2D eigenvalue weighted by Crippen LogP contribution is -2.31. The molecule has 2 aromatic rings. The van der Waals surface area contributed by atoms with Gasteiger partial charge in [0.15, 0.2) is 5.11 Å².